The third kappa shape index (κ3) is 3.06. The van der Waals surface area contributed by atoms with Crippen molar-refractivity contribution < 1.29 is 9.36 Å². The monoisotopic (exact) mass is 317 g/mol. The zero-order valence-corrected chi connectivity index (χ0v) is 14.2. The van der Waals surface area contributed by atoms with Crippen LogP contribution in [0.1, 0.15) is 17.0 Å². The van der Waals surface area contributed by atoms with Gasteiger partial charge in [-0.2, -0.15) is 14.3 Å². The summed E-state index contributed by atoms with van der Waals surface area (Å²) in [6.07, 6.45) is 0. The molecule has 1 aromatic heterocycles. The van der Waals surface area contributed by atoms with Crippen LogP contribution in [-0.2, 0) is 0 Å². The number of pyridine rings is 1. The minimum Gasteiger partial charge on any atom is -0.196 e. The maximum atomic E-state index is 13.4. The van der Waals surface area contributed by atoms with Crippen molar-refractivity contribution in [1.82, 2.24) is 0 Å². The molecule has 0 radical (unpaired) electrons. The number of carbonyl (C=O) groups is 1. The molecule has 0 N–H and O–H groups in total. The fourth-order valence-corrected chi connectivity index (χ4v) is 3.03. The summed E-state index contributed by atoms with van der Waals surface area (Å²) >= 11 is 0. The van der Waals surface area contributed by atoms with Gasteiger partial charge in [0.15, 0.2) is 0 Å². The lowest BCUT2D eigenvalue weighted by Crippen LogP contribution is -2.54. The van der Waals surface area contributed by atoms with E-state index in [1.165, 1.54) is 0 Å². The van der Waals surface area contributed by atoms with Gasteiger partial charge >= 0.3 is 6.03 Å². The standard InChI is InChI=1S/C21H21N2O/c1-16-14-17(2)22(18(3)15-16)21(24)23(19-10-6-4-7-11-19)20-12-8-5-9-13-20/h4-15H,1-3H3/q+1. The van der Waals surface area contributed by atoms with Crippen LogP contribution in [0.2, 0.25) is 0 Å². The average Bonchev–Trinajstić information content (AvgIpc) is 2.56. The zero-order chi connectivity index (χ0) is 17.1. The molecule has 3 aromatic rings. The first-order valence-electron chi connectivity index (χ1n) is 8.02. The third-order valence-electron chi connectivity index (χ3n) is 3.99. The van der Waals surface area contributed by atoms with Gasteiger partial charge < -0.3 is 0 Å². The summed E-state index contributed by atoms with van der Waals surface area (Å²) in [5.74, 6) is 0. The molecule has 120 valence electrons. The van der Waals surface area contributed by atoms with E-state index >= 15 is 0 Å². The Kier molecular flexibility index (Phi) is 4.43. The van der Waals surface area contributed by atoms with E-state index in [-0.39, 0.29) is 6.03 Å². The van der Waals surface area contributed by atoms with Crippen LogP contribution >= 0.6 is 0 Å². The first-order valence-corrected chi connectivity index (χ1v) is 8.02. The van der Waals surface area contributed by atoms with E-state index in [0.717, 1.165) is 28.3 Å². The Hall–Kier alpha value is -2.94. The molecule has 0 aliphatic heterocycles. The molecule has 1 amide bonds. The molecule has 0 unspecified atom stereocenters. The summed E-state index contributed by atoms with van der Waals surface area (Å²) in [5.41, 5.74) is 4.70. The highest BCUT2D eigenvalue weighted by Gasteiger charge is 2.31. The molecule has 3 heteroatoms. The van der Waals surface area contributed by atoms with Crippen LogP contribution in [0.5, 0.6) is 0 Å². The lowest BCUT2D eigenvalue weighted by molar-refractivity contribution is -0.583. The number of nitrogens with zero attached hydrogens (tertiary/aromatic N) is 2. The molecule has 0 atom stereocenters. The minimum absolute atomic E-state index is 0.0811. The summed E-state index contributed by atoms with van der Waals surface area (Å²) in [6.45, 7) is 5.97. The maximum absolute atomic E-state index is 13.4. The topological polar surface area (TPSA) is 24.2 Å². The molecular weight excluding hydrogens is 296 g/mol. The molecule has 2 aromatic carbocycles. The number of benzene rings is 2. The van der Waals surface area contributed by atoms with Crippen molar-refractivity contribution in [2.45, 2.75) is 20.8 Å². The van der Waals surface area contributed by atoms with Gasteiger partial charge in [0.2, 0.25) is 0 Å². The molecule has 0 saturated heterocycles. The van der Waals surface area contributed by atoms with Crippen molar-refractivity contribution in [3.63, 3.8) is 0 Å². The summed E-state index contributed by atoms with van der Waals surface area (Å²) < 4.78 is 1.76. The number of amides is 1. The quantitative estimate of drug-likeness (QED) is 0.628. The van der Waals surface area contributed by atoms with Crippen LogP contribution in [0.4, 0.5) is 16.2 Å². The van der Waals surface area contributed by atoms with E-state index in [1.54, 1.807) is 9.47 Å². The Balaban J connectivity index is 2.15. The van der Waals surface area contributed by atoms with Crippen LogP contribution < -0.4 is 9.47 Å². The van der Waals surface area contributed by atoms with Crippen molar-refractivity contribution in [3.05, 3.63) is 89.7 Å². The van der Waals surface area contributed by atoms with Crippen LogP contribution in [0, 0.1) is 20.8 Å². The number of carbonyl (C=O) groups excluding carboxylic acids is 1. The Morgan fingerprint density at radius 2 is 1.17 bits per heavy atom. The van der Waals surface area contributed by atoms with Gasteiger partial charge in [0, 0.05) is 0 Å². The van der Waals surface area contributed by atoms with E-state index in [0.29, 0.717) is 0 Å². The highest BCUT2D eigenvalue weighted by molar-refractivity contribution is 5.94. The summed E-state index contributed by atoms with van der Waals surface area (Å²) in [6, 6.07) is 23.4. The predicted molar refractivity (Wildman–Crippen MR) is 96.7 cm³/mol. The summed E-state index contributed by atoms with van der Waals surface area (Å²) in [7, 11) is 0. The second kappa shape index (κ2) is 6.67. The Labute approximate surface area is 142 Å². The molecular formula is C21H21N2O+. The molecule has 0 aliphatic rings. The Morgan fingerprint density at radius 1 is 0.750 bits per heavy atom. The smallest absolute Gasteiger partial charge is 0.196 e. The number of aryl methyl sites for hydroxylation is 3. The van der Waals surface area contributed by atoms with Gasteiger partial charge in [-0.25, -0.2) is 0 Å². The molecule has 3 nitrogen and oxygen atoms in total. The number of anilines is 2. The van der Waals surface area contributed by atoms with Gasteiger partial charge in [-0.3, -0.25) is 0 Å². The molecule has 0 fully saturated rings. The predicted octanol–water partition coefficient (Wildman–Crippen LogP) is 4.71. The fourth-order valence-electron chi connectivity index (χ4n) is 3.03. The van der Waals surface area contributed by atoms with E-state index in [1.807, 2.05) is 93.6 Å². The lowest BCUT2D eigenvalue weighted by atomic mass is 10.2. The van der Waals surface area contributed by atoms with Crippen molar-refractivity contribution in [2.75, 3.05) is 4.90 Å². The van der Waals surface area contributed by atoms with Gasteiger partial charge in [-0.05, 0) is 62.7 Å². The van der Waals surface area contributed by atoms with E-state index < -0.39 is 0 Å². The first kappa shape index (κ1) is 15.9. The van der Waals surface area contributed by atoms with Crippen molar-refractivity contribution in [2.24, 2.45) is 0 Å². The van der Waals surface area contributed by atoms with E-state index in [9.17, 15) is 4.79 Å². The number of para-hydroxylation sites is 2. The number of hydrogen-bond acceptors (Lipinski definition) is 1. The fraction of sp³-hybridized carbons (Fsp3) is 0.143. The van der Waals surface area contributed by atoms with Gasteiger partial charge in [-0.15, -0.1) is 0 Å². The maximum Gasteiger partial charge on any atom is 0.508 e. The molecule has 1 heterocycles. The summed E-state index contributed by atoms with van der Waals surface area (Å²) in [4.78, 5) is 15.1. The van der Waals surface area contributed by atoms with Gasteiger partial charge in [-0.1, -0.05) is 36.4 Å². The van der Waals surface area contributed by atoms with Crippen LogP contribution in [0.25, 0.3) is 0 Å². The second-order valence-electron chi connectivity index (χ2n) is 5.94. The number of aromatic nitrogens is 1. The molecule has 3 rings (SSSR count). The van der Waals surface area contributed by atoms with Gasteiger partial charge in [0.05, 0.1) is 0 Å². The van der Waals surface area contributed by atoms with E-state index in [4.69, 9.17) is 0 Å². The average molecular weight is 317 g/mol. The van der Waals surface area contributed by atoms with Gasteiger partial charge in [0.25, 0.3) is 0 Å². The first-order chi connectivity index (χ1) is 11.6. The normalized spacial score (nSPS) is 10.5. The van der Waals surface area contributed by atoms with Crippen LogP contribution in [-0.4, -0.2) is 6.03 Å². The van der Waals surface area contributed by atoms with E-state index in [2.05, 4.69) is 0 Å². The molecule has 0 aliphatic carbocycles. The highest BCUT2D eigenvalue weighted by atomic mass is 16.2. The minimum atomic E-state index is -0.0811. The molecule has 0 saturated carbocycles. The molecule has 0 spiro atoms. The van der Waals surface area contributed by atoms with Crippen molar-refractivity contribution in [1.29, 1.82) is 0 Å². The van der Waals surface area contributed by atoms with Crippen LogP contribution in [0.3, 0.4) is 0 Å². The molecule has 0 bridgehead atoms. The second-order valence-corrected chi connectivity index (χ2v) is 5.94. The Morgan fingerprint density at radius 3 is 1.58 bits per heavy atom. The number of rotatable bonds is 2. The largest absolute Gasteiger partial charge is 0.508 e. The lowest BCUT2D eigenvalue weighted by Gasteiger charge is -2.17. The third-order valence-corrected chi connectivity index (χ3v) is 3.99. The van der Waals surface area contributed by atoms with Crippen molar-refractivity contribution >= 4 is 17.4 Å². The molecule has 24 heavy (non-hydrogen) atoms. The Bertz CT molecular complexity index is 795. The highest BCUT2D eigenvalue weighted by Crippen LogP contribution is 2.25. The van der Waals surface area contributed by atoms with Gasteiger partial charge in [0.1, 0.15) is 22.8 Å². The zero-order valence-electron chi connectivity index (χ0n) is 14.2. The SMILES string of the molecule is Cc1cc(C)[n+](C(=O)N(c2ccccc2)c2ccccc2)c(C)c1. The summed E-state index contributed by atoms with van der Waals surface area (Å²) in [5, 5.41) is 0. The van der Waals surface area contributed by atoms with Crippen LogP contribution in [0.15, 0.2) is 72.8 Å². The van der Waals surface area contributed by atoms with Crippen molar-refractivity contribution in [3.8, 4) is 0 Å². The number of hydrogen-bond donors (Lipinski definition) is 0.